The number of hydrogen-bond acceptors (Lipinski definition) is 3. The Hall–Kier alpha value is -3.28. The molecule has 30 heavy (non-hydrogen) atoms. The van der Waals surface area contributed by atoms with E-state index in [4.69, 9.17) is 0 Å². The Morgan fingerprint density at radius 1 is 1.03 bits per heavy atom. The molecule has 1 aliphatic rings. The lowest BCUT2D eigenvalue weighted by atomic mass is 9.89. The predicted octanol–water partition coefficient (Wildman–Crippen LogP) is 4.44. The molecule has 0 aliphatic heterocycles. The Kier molecular flexibility index (Phi) is 5.48. The van der Waals surface area contributed by atoms with Crippen molar-refractivity contribution in [2.75, 3.05) is 5.32 Å². The van der Waals surface area contributed by atoms with Crippen molar-refractivity contribution < 1.29 is 9.18 Å². The second-order valence-electron chi connectivity index (χ2n) is 7.80. The standard InChI is InChI=1S/C24H24FN3O2/c1-15-7-9-17(10-8-15)22-20-5-3-4-6-21(20)24(30)28(27-22)16(2)23(29)26-19-13-11-18(25)12-14-19/h7-14,16H,3-6H2,1-2H3,(H,26,29). The number of carbonyl (C=O) groups is 1. The van der Waals surface area contributed by atoms with Crippen LogP contribution in [0.25, 0.3) is 11.3 Å². The third kappa shape index (κ3) is 3.90. The molecule has 2 aromatic carbocycles. The number of hydrogen-bond donors (Lipinski definition) is 1. The van der Waals surface area contributed by atoms with Gasteiger partial charge in [-0.3, -0.25) is 9.59 Å². The van der Waals surface area contributed by atoms with Gasteiger partial charge in [0, 0.05) is 16.8 Å². The highest BCUT2D eigenvalue weighted by Crippen LogP contribution is 2.29. The summed E-state index contributed by atoms with van der Waals surface area (Å²) in [7, 11) is 0. The van der Waals surface area contributed by atoms with Crippen molar-refractivity contribution in [2.45, 2.75) is 45.6 Å². The Bertz CT molecular complexity index is 1130. The molecule has 0 saturated carbocycles. The summed E-state index contributed by atoms with van der Waals surface area (Å²) in [6.07, 6.45) is 3.49. The molecule has 1 heterocycles. The van der Waals surface area contributed by atoms with Crippen LogP contribution in [-0.2, 0) is 17.6 Å². The van der Waals surface area contributed by atoms with E-state index in [1.165, 1.54) is 28.9 Å². The van der Waals surface area contributed by atoms with Crippen LogP contribution in [0, 0.1) is 12.7 Å². The van der Waals surface area contributed by atoms with Gasteiger partial charge in [-0.25, -0.2) is 9.07 Å². The van der Waals surface area contributed by atoms with Crippen LogP contribution in [0.1, 0.15) is 42.5 Å². The average Bonchev–Trinajstić information content (AvgIpc) is 2.76. The summed E-state index contributed by atoms with van der Waals surface area (Å²) in [5, 5.41) is 7.38. The number of aromatic nitrogens is 2. The van der Waals surface area contributed by atoms with E-state index in [1.54, 1.807) is 6.92 Å². The number of benzene rings is 2. The third-order valence-electron chi connectivity index (χ3n) is 5.61. The number of aryl methyl sites for hydroxylation is 1. The second kappa shape index (κ2) is 8.22. The van der Waals surface area contributed by atoms with Gasteiger partial charge in [0.15, 0.2) is 0 Å². The molecule has 0 radical (unpaired) electrons. The van der Waals surface area contributed by atoms with E-state index in [9.17, 15) is 14.0 Å². The molecule has 1 aliphatic carbocycles. The van der Waals surface area contributed by atoms with Gasteiger partial charge < -0.3 is 5.32 Å². The molecule has 0 bridgehead atoms. The van der Waals surface area contributed by atoms with Crippen molar-refractivity contribution in [3.63, 3.8) is 0 Å². The Labute approximate surface area is 174 Å². The lowest BCUT2D eigenvalue weighted by Crippen LogP contribution is -2.37. The third-order valence-corrected chi connectivity index (χ3v) is 5.61. The fraction of sp³-hybridized carbons (Fsp3) is 0.292. The van der Waals surface area contributed by atoms with Gasteiger partial charge in [-0.15, -0.1) is 0 Å². The maximum Gasteiger partial charge on any atom is 0.271 e. The van der Waals surface area contributed by atoms with Crippen molar-refractivity contribution in [3.05, 3.63) is 81.4 Å². The van der Waals surface area contributed by atoms with Crippen molar-refractivity contribution >= 4 is 11.6 Å². The minimum atomic E-state index is -0.807. The minimum absolute atomic E-state index is 0.206. The van der Waals surface area contributed by atoms with Crippen LogP contribution in [-0.4, -0.2) is 15.7 Å². The predicted molar refractivity (Wildman–Crippen MR) is 115 cm³/mol. The first kappa shape index (κ1) is 20.0. The first-order chi connectivity index (χ1) is 14.4. The van der Waals surface area contributed by atoms with Gasteiger partial charge in [-0.1, -0.05) is 29.8 Å². The number of halogens is 1. The zero-order chi connectivity index (χ0) is 21.3. The molecule has 0 saturated heterocycles. The number of nitrogens with zero attached hydrogens (tertiary/aromatic N) is 2. The SMILES string of the molecule is Cc1ccc(-c2nn(C(C)C(=O)Nc3ccc(F)cc3)c(=O)c3c2CCCC3)cc1. The molecule has 5 nitrogen and oxygen atoms in total. The van der Waals surface area contributed by atoms with E-state index >= 15 is 0 Å². The smallest absolute Gasteiger partial charge is 0.271 e. The molecule has 1 aromatic heterocycles. The summed E-state index contributed by atoms with van der Waals surface area (Å²) in [5.41, 5.74) is 4.88. The highest BCUT2D eigenvalue weighted by molar-refractivity contribution is 5.93. The molecule has 0 fully saturated rings. The van der Waals surface area contributed by atoms with E-state index in [0.717, 1.165) is 47.2 Å². The lowest BCUT2D eigenvalue weighted by Gasteiger charge is -2.22. The van der Waals surface area contributed by atoms with Crippen LogP contribution in [0.15, 0.2) is 53.3 Å². The van der Waals surface area contributed by atoms with E-state index in [2.05, 4.69) is 10.4 Å². The summed E-state index contributed by atoms with van der Waals surface area (Å²) in [6, 6.07) is 12.8. The minimum Gasteiger partial charge on any atom is -0.324 e. The molecule has 3 aromatic rings. The van der Waals surface area contributed by atoms with Gasteiger partial charge in [0.25, 0.3) is 5.56 Å². The molecule has 1 N–H and O–H groups in total. The molecule has 1 amide bonds. The fourth-order valence-corrected chi connectivity index (χ4v) is 3.85. The molecule has 1 unspecified atom stereocenters. The van der Waals surface area contributed by atoms with Crippen LogP contribution >= 0.6 is 0 Å². The van der Waals surface area contributed by atoms with Gasteiger partial charge in [0.1, 0.15) is 11.9 Å². The van der Waals surface area contributed by atoms with E-state index in [0.29, 0.717) is 12.1 Å². The quantitative estimate of drug-likeness (QED) is 0.698. The molecular formula is C24H24FN3O2. The topological polar surface area (TPSA) is 64.0 Å². The maximum atomic E-state index is 13.2. The first-order valence-electron chi connectivity index (χ1n) is 10.2. The van der Waals surface area contributed by atoms with Crippen molar-refractivity contribution in [2.24, 2.45) is 0 Å². The Morgan fingerprint density at radius 3 is 2.33 bits per heavy atom. The molecular weight excluding hydrogens is 381 g/mol. The van der Waals surface area contributed by atoms with Gasteiger partial charge >= 0.3 is 0 Å². The van der Waals surface area contributed by atoms with Gasteiger partial charge in [0.2, 0.25) is 5.91 Å². The summed E-state index contributed by atoms with van der Waals surface area (Å²) in [6.45, 7) is 3.68. The molecule has 6 heteroatoms. The highest BCUT2D eigenvalue weighted by atomic mass is 19.1. The van der Waals surface area contributed by atoms with E-state index in [1.807, 2.05) is 31.2 Å². The number of rotatable bonds is 4. The van der Waals surface area contributed by atoms with Gasteiger partial charge in [-0.2, -0.15) is 5.10 Å². The van der Waals surface area contributed by atoms with Crippen LogP contribution in [0.4, 0.5) is 10.1 Å². The Morgan fingerprint density at radius 2 is 1.67 bits per heavy atom. The molecule has 4 rings (SSSR count). The number of fused-ring (bicyclic) bond motifs is 1. The van der Waals surface area contributed by atoms with Gasteiger partial charge in [0.05, 0.1) is 5.69 Å². The lowest BCUT2D eigenvalue weighted by molar-refractivity contribution is -0.119. The summed E-state index contributed by atoms with van der Waals surface area (Å²) < 4.78 is 14.4. The highest BCUT2D eigenvalue weighted by Gasteiger charge is 2.25. The normalized spacial score (nSPS) is 14.1. The van der Waals surface area contributed by atoms with E-state index in [-0.39, 0.29) is 17.3 Å². The van der Waals surface area contributed by atoms with E-state index < -0.39 is 6.04 Å². The zero-order valence-corrected chi connectivity index (χ0v) is 17.1. The number of nitrogens with one attached hydrogen (secondary N) is 1. The summed E-state index contributed by atoms with van der Waals surface area (Å²) in [4.78, 5) is 26.0. The Balaban J connectivity index is 1.74. The summed E-state index contributed by atoms with van der Waals surface area (Å²) in [5.74, 6) is -0.752. The zero-order valence-electron chi connectivity index (χ0n) is 17.1. The summed E-state index contributed by atoms with van der Waals surface area (Å²) >= 11 is 0. The van der Waals surface area contributed by atoms with Crippen molar-refractivity contribution in [1.29, 1.82) is 0 Å². The second-order valence-corrected chi connectivity index (χ2v) is 7.80. The number of amides is 1. The monoisotopic (exact) mass is 405 g/mol. The molecule has 154 valence electrons. The van der Waals surface area contributed by atoms with Crippen LogP contribution in [0.3, 0.4) is 0 Å². The van der Waals surface area contributed by atoms with Crippen LogP contribution in [0.2, 0.25) is 0 Å². The van der Waals surface area contributed by atoms with Crippen molar-refractivity contribution in [1.82, 2.24) is 9.78 Å². The fourth-order valence-electron chi connectivity index (χ4n) is 3.85. The van der Waals surface area contributed by atoms with Crippen LogP contribution < -0.4 is 10.9 Å². The number of carbonyl (C=O) groups excluding carboxylic acids is 1. The van der Waals surface area contributed by atoms with Crippen LogP contribution in [0.5, 0.6) is 0 Å². The molecule has 1 atom stereocenters. The first-order valence-corrected chi connectivity index (χ1v) is 10.2. The largest absolute Gasteiger partial charge is 0.324 e. The average molecular weight is 405 g/mol. The van der Waals surface area contributed by atoms with Crippen molar-refractivity contribution in [3.8, 4) is 11.3 Å². The number of anilines is 1. The van der Waals surface area contributed by atoms with Gasteiger partial charge in [-0.05, 0) is 69.4 Å². The maximum absolute atomic E-state index is 13.2. The molecule has 0 spiro atoms.